The van der Waals surface area contributed by atoms with Crippen LogP contribution in [0.4, 0.5) is 5.69 Å². The second-order valence-electron chi connectivity index (χ2n) is 6.55. The summed E-state index contributed by atoms with van der Waals surface area (Å²) in [6.07, 6.45) is 1.15. The number of rotatable bonds is 5. The second-order valence-corrected chi connectivity index (χ2v) is 8.57. The fourth-order valence-corrected chi connectivity index (χ4v) is 3.62. The van der Waals surface area contributed by atoms with Crippen molar-refractivity contribution >= 4 is 32.4 Å². The van der Waals surface area contributed by atoms with Gasteiger partial charge in [-0.05, 0) is 47.0 Å². The largest absolute Gasteiger partial charge is 0.348 e. The molecule has 0 saturated heterocycles. The fourth-order valence-electron chi connectivity index (χ4n) is 3.05. The predicted octanol–water partition coefficient (Wildman–Crippen LogP) is 3.47. The molecule has 140 valence electrons. The molecular weight excluding hydrogens is 360 g/mol. The Morgan fingerprint density at radius 1 is 1.04 bits per heavy atom. The van der Waals surface area contributed by atoms with Crippen molar-refractivity contribution < 1.29 is 13.2 Å². The summed E-state index contributed by atoms with van der Waals surface area (Å²) in [5.41, 5.74) is 2.83. The molecule has 0 heterocycles. The summed E-state index contributed by atoms with van der Waals surface area (Å²) in [7, 11) is -1.85. The van der Waals surface area contributed by atoms with Crippen molar-refractivity contribution in [2.24, 2.45) is 0 Å². The number of aryl methyl sites for hydroxylation is 1. The van der Waals surface area contributed by atoms with Crippen LogP contribution in [-0.2, 0) is 16.6 Å². The van der Waals surface area contributed by atoms with E-state index in [1.165, 1.54) is 11.4 Å². The first-order chi connectivity index (χ1) is 12.8. The Hall–Kier alpha value is -2.86. The fraction of sp³-hybridized carbons (Fsp3) is 0.190. The second kappa shape index (κ2) is 7.40. The van der Waals surface area contributed by atoms with Crippen LogP contribution >= 0.6 is 0 Å². The minimum absolute atomic E-state index is 0.195. The van der Waals surface area contributed by atoms with Crippen LogP contribution in [0.15, 0.2) is 60.7 Å². The van der Waals surface area contributed by atoms with E-state index < -0.39 is 10.0 Å². The summed E-state index contributed by atoms with van der Waals surface area (Å²) < 4.78 is 24.6. The molecule has 1 N–H and O–H groups in total. The Kier molecular flexibility index (Phi) is 5.19. The van der Waals surface area contributed by atoms with E-state index in [9.17, 15) is 13.2 Å². The molecule has 27 heavy (non-hydrogen) atoms. The lowest BCUT2D eigenvalue weighted by atomic mass is 10.0. The summed E-state index contributed by atoms with van der Waals surface area (Å²) >= 11 is 0. The number of sulfonamides is 1. The first-order valence-corrected chi connectivity index (χ1v) is 10.4. The maximum atomic E-state index is 12.5. The quantitative estimate of drug-likeness (QED) is 0.735. The molecule has 3 rings (SSSR count). The topological polar surface area (TPSA) is 66.5 Å². The molecule has 0 saturated carbocycles. The lowest BCUT2D eigenvalue weighted by Gasteiger charge is -2.19. The van der Waals surface area contributed by atoms with E-state index in [1.807, 2.05) is 42.5 Å². The predicted molar refractivity (Wildman–Crippen MR) is 110 cm³/mol. The van der Waals surface area contributed by atoms with Gasteiger partial charge in [0.1, 0.15) is 0 Å². The van der Waals surface area contributed by atoms with Gasteiger partial charge in [0.15, 0.2) is 0 Å². The molecule has 0 aliphatic carbocycles. The van der Waals surface area contributed by atoms with E-state index in [0.717, 1.165) is 28.2 Å². The Balaban J connectivity index is 1.78. The molecule has 0 bridgehead atoms. The first kappa shape index (κ1) is 18.9. The first-order valence-electron chi connectivity index (χ1n) is 8.57. The van der Waals surface area contributed by atoms with Crippen LogP contribution in [0.25, 0.3) is 10.8 Å². The highest BCUT2D eigenvalue weighted by atomic mass is 32.2. The number of nitrogens with zero attached hydrogens (tertiary/aromatic N) is 1. The Morgan fingerprint density at radius 3 is 2.44 bits per heavy atom. The molecule has 0 unspecified atom stereocenters. The van der Waals surface area contributed by atoms with Crippen LogP contribution in [-0.4, -0.2) is 27.6 Å². The SMILES string of the molecule is Cc1cc(C(=O)NCc2cccc3ccccc23)ccc1N(C)S(C)(=O)=O. The van der Waals surface area contributed by atoms with Gasteiger partial charge in [-0.15, -0.1) is 0 Å². The monoisotopic (exact) mass is 382 g/mol. The Labute approximate surface area is 159 Å². The number of carbonyl (C=O) groups is 1. The summed E-state index contributed by atoms with van der Waals surface area (Å²) in [6.45, 7) is 2.21. The number of hydrogen-bond acceptors (Lipinski definition) is 3. The summed E-state index contributed by atoms with van der Waals surface area (Å²) in [6, 6.07) is 19.1. The van der Waals surface area contributed by atoms with Gasteiger partial charge in [0.2, 0.25) is 10.0 Å². The third kappa shape index (κ3) is 4.11. The maximum absolute atomic E-state index is 12.5. The normalized spacial score (nSPS) is 11.4. The van der Waals surface area contributed by atoms with E-state index in [1.54, 1.807) is 25.1 Å². The van der Waals surface area contributed by atoms with E-state index in [4.69, 9.17) is 0 Å². The van der Waals surface area contributed by atoms with Crippen molar-refractivity contribution in [1.29, 1.82) is 0 Å². The van der Waals surface area contributed by atoms with Crippen molar-refractivity contribution in [3.63, 3.8) is 0 Å². The number of hydrogen-bond donors (Lipinski definition) is 1. The smallest absolute Gasteiger partial charge is 0.251 e. The van der Waals surface area contributed by atoms with Crippen molar-refractivity contribution in [3.05, 3.63) is 77.4 Å². The molecule has 0 aromatic heterocycles. The van der Waals surface area contributed by atoms with Gasteiger partial charge in [-0.3, -0.25) is 9.10 Å². The van der Waals surface area contributed by atoms with Crippen LogP contribution in [0, 0.1) is 6.92 Å². The number of anilines is 1. The zero-order chi connectivity index (χ0) is 19.6. The molecule has 0 radical (unpaired) electrons. The van der Waals surface area contributed by atoms with Gasteiger partial charge >= 0.3 is 0 Å². The van der Waals surface area contributed by atoms with E-state index in [-0.39, 0.29) is 5.91 Å². The molecule has 5 nitrogen and oxygen atoms in total. The minimum Gasteiger partial charge on any atom is -0.348 e. The molecule has 0 aliphatic heterocycles. The summed E-state index contributed by atoms with van der Waals surface area (Å²) in [4.78, 5) is 12.5. The average molecular weight is 382 g/mol. The molecule has 3 aromatic carbocycles. The molecular formula is C21H22N2O3S. The van der Waals surface area contributed by atoms with Crippen LogP contribution in [0.1, 0.15) is 21.5 Å². The van der Waals surface area contributed by atoms with Crippen LogP contribution in [0.3, 0.4) is 0 Å². The molecule has 6 heteroatoms. The number of benzene rings is 3. The molecule has 1 amide bonds. The van der Waals surface area contributed by atoms with E-state index in [0.29, 0.717) is 17.8 Å². The van der Waals surface area contributed by atoms with Crippen molar-refractivity contribution in [2.75, 3.05) is 17.6 Å². The zero-order valence-corrected chi connectivity index (χ0v) is 16.4. The maximum Gasteiger partial charge on any atom is 0.251 e. The van der Waals surface area contributed by atoms with Gasteiger partial charge in [-0.25, -0.2) is 8.42 Å². The van der Waals surface area contributed by atoms with Crippen molar-refractivity contribution in [2.45, 2.75) is 13.5 Å². The summed E-state index contributed by atoms with van der Waals surface area (Å²) in [5, 5.41) is 5.19. The highest BCUT2D eigenvalue weighted by molar-refractivity contribution is 7.92. The van der Waals surface area contributed by atoms with Gasteiger partial charge in [-0.2, -0.15) is 0 Å². The van der Waals surface area contributed by atoms with E-state index >= 15 is 0 Å². The lowest BCUT2D eigenvalue weighted by molar-refractivity contribution is 0.0951. The standard InChI is InChI=1S/C21H22N2O3S/c1-15-13-17(11-12-20(15)23(2)27(3,25)26)21(24)22-14-18-9-6-8-16-7-4-5-10-19(16)18/h4-13H,14H2,1-3H3,(H,22,24). The molecule has 0 spiro atoms. The molecule has 0 fully saturated rings. The van der Waals surface area contributed by atoms with Gasteiger partial charge in [0.05, 0.1) is 11.9 Å². The highest BCUT2D eigenvalue weighted by Crippen LogP contribution is 2.22. The van der Waals surface area contributed by atoms with Gasteiger partial charge < -0.3 is 5.32 Å². The van der Waals surface area contributed by atoms with Crippen molar-refractivity contribution in [1.82, 2.24) is 5.32 Å². The van der Waals surface area contributed by atoms with E-state index in [2.05, 4.69) is 5.32 Å². The van der Waals surface area contributed by atoms with Crippen LogP contribution in [0.2, 0.25) is 0 Å². The number of fused-ring (bicyclic) bond motifs is 1. The van der Waals surface area contributed by atoms with Gasteiger partial charge in [0.25, 0.3) is 5.91 Å². The highest BCUT2D eigenvalue weighted by Gasteiger charge is 2.16. The Morgan fingerprint density at radius 2 is 1.74 bits per heavy atom. The van der Waals surface area contributed by atoms with Crippen LogP contribution in [0.5, 0.6) is 0 Å². The lowest BCUT2D eigenvalue weighted by Crippen LogP contribution is -2.26. The summed E-state index contributed by atoms with van der Waals surface area (Å²) in [5.74, 6) is -0.195. The third-order valence-electron chi connectivity index (χ3n) is 4.62. The van der Waals surface area contributed by atoms with Crippen LogP contribution < -0.4 is 9.62 Å². The zero-order valence-electron chi connectivity index (χ0n) is 15.6. The van der Waals surface area contributed by atoms with Gasteiger partial charge in [-0.1, -0.05) is 42.5 Å². The number of nitrogens with one attached hydrogen (secondary N) is 1. The number of carbonyl (C=O) groups excluding carboxylic acids is 1. The Bertz CT molecular complexity index is 1100. The van der Waals surface area contributed by atoms with Gasteiger partial charge in [0, 0.05) is 19.2 Å². The molecule has 3 aromatic rings. The third-order valence-corrected chi connectivity index (χ3v) is 5.81. The molecule has 0 aliphatic rings. The van der Waals surface area contributed by atoms with Crippen molar-refractivity contribution in [3.8, 4) is 0 Å². The minimum atomic E-state index is -3.35. The number of amides is 1. The molecule has 0 atom stereocenters. The average Bonchev–Trinajstić information content (AvgIpc) is 2.64.